The van der Waals surface area contributed by atoms with Crippen LogP contribution in [0.2, 0.25) is 0 Å². The van der Waals surface area contributed by atoms with Crippen LogP contribution in [0.3, 0.4) is 0 Å². The number of fused-ring (bicyclic) bond motifs is 1. The average Bonchev–Trinajstić information content (AvgIpc) is 3.34. The van der Waals surface area contributed by atoms with Crippen molar-refractivity contribution in [3.8, 4) is 0 Å². The minimum atomic E-state index is -0.146. The quantitative estimate of drug-likeness (QED) is 0.741. The number of nitrogens with one attached hydrogen (secondary N) is 1. The third-order valence-electron chi connectivity index (χ3n) is 5.23. The van der Waals surface area contributed by atoms with Gasteiger partial charge in [0.25, 0.3) is 5.91 Å². The van der Waals surface area contributed by atoms with Gasteiger partial charge in [-0.2, -0.15) is 0 Å². The number of pyridine rings is 1. The first-order valence-corrected chi connectivity index (χ1v) is 9.58. The van der Waals surface area contributed by atoms with Gasteiger partial charge < -0.3 is 10.2 Å². The number of aromatic nitrogens is 3. The number of benzene rings is 1. The topological polar surface area (TPSA) is 79.6 Å². The first-order valence-electron chi connectivity index (χ1n) is 9.58. The van der Waals surface area contributed by atoms with Crippen molar-refractivity contribution in [3.05, 3.63) is 65.6 Å². The van der Waals surface area contributed by atoms with Crippen molar-refractivity contribution in [2.75, 3.05) is 13.1 Å². The second-order valence-corrected chi connectivity index (χ2v) is 7.05. The molecule has 2 amide bonds. The molecule has 0 spiro atoms. The second-order valence-electron chi connectivity index (χ2n) is 7.05. The number of amides is 2. The van der Waals surface area contributed by atoms with Gasteiger partial charge in [0.2, 0.25) is 5.91 Å². The number of carbonyl (C=O) groups excluding carboxylic acids is 2. The van der Waals surface area contributed by atoms with Crippen molar-refractivity contribution < 1.29 is 9.59 Å². The van der Waals surface area contributed by atoms with Crippen LogP contribution in [0.4, 0.5) is 0 Å². The standard InChI is InChI=1S/C21H23N5O2/c1-15-7-2-3-8-16(15)21(28)22-12-11-19(27)25-14-6-9-17(25)20-24-23-18-10-4-5-13-26(18)20/h2-5,7-8,10,13,17H,6,9,11-12,14H2,1H3,(H,22,28)/t17-/m1/s1. The molecule has 1 saturated heterocycles. The number of hydrogen-bond acceptors (Lipinski definition) is 4. The molecule has 3 aromatic rings. The molecular weight excluding hydrogens is 354 g/mol. The van der Waals surface area contributed by atoms with Crippen LogP contribution in [-0.2, 0) is 4.79 Å². The van der Waals surface area contributed by atoms with Gasteiger partial charge in [0.05, 0.1) is 6.04 Å². The number of hydrogen-bond donors (Lipinski definition) is 1. The molecule has 2 aromatic heterocycles. The monoisotopic (exact) mass is 377 g/mol. The molecule has 7 heteroatoms. The van der Waals surface area contributed by atoms with Crippen LogP contribution in [0.1, 0.15) is 47.1 Å². The molecular formula is C21H23N5O2. The molecule has 0 aliphatic carbocycles. The Balaban J connectivity index is 1.39. The van der Waals surface area contributed by atoms with Crippen molar-refractivity contribution in [2.45, 2.75) is 32.2 Å². The minimum Gasteiger partial charge on any atom is -0.352 e. The summed E-state index contributed by atoms with van der Waals surface area (Å²) in [5.74, 6) is 0.679. The molecule has 1 aliphatic rings. The van der Waals surface area contributed by atoms with Gasteiger partial charge in [0.1, 0.15) is 0 Å². The highest BCUT2D eigenvalue weighted by Gasteiger charge is 2.32. The number of aryl methyl sites for hydroxylation is 1. The number of nitrogens with zero attached hydrogens (tertiary/aromatic N) is 4. The lowest BCUT2D eigenvalue weighted by Crippen LogP contribution is -2.35. The number of likely N-dealkylation sites (tertiary alicyclic amines) is 1. The summed E-state index contributed by atoms with van der Waals surface area (Å²) in [7, 11) is 0. The van der Waals surface area contributed by atoms with Crippen LogP contribution >= 0.6 is 0 Å². The predicted octanol–water partition coefficient (Wildman–Crippen LogP) is 2.52. The van der Waals surface area contributed by atoms with E-state index in [0.717, 1.165) is 29.9 Å². The van der Waals surface area contributed by atoms with Gasteiger partial charge in [-0.3, -0.25) is 14.0 Å². The van der Waals surface area contributed by atoms with Crippen LogP contribution in [0, 0.1) is 6.92 Å². The fourth-order valence-corrected chi connectivity index (χ4v) is 3.77. The maximum absolute atomic E-state index is 12.8. The van der Waals surface area contributed by atoms with E-state index in [4.69, 9.17) is 0 Å². The van der Waals surface area contributed by atoms with Crippen molar-refractivity contribution in [2.24, 2.45) is 0 Å². The zero-order valence-corrected chi connectivity index (χ0v) is 15.8. The summed E-state index contributed by atoms with van der Waals surface area (Å²) in [6.45, 7) is 2.92. The summed E-state index contributed by atoms with van der Waals surface area (Å²) in [4.78, 5) is 27.0. The van der Waals surface area contributed by atoms with E-state index in [-0.39, 0.29) is 24.3 Å². The normalized spacial score (nSPS) is 16.5. The lowest BCUT2D eigenvalue weighted by Gasteiger charge is -2.23. The summed E-state index contributed by atoms with van der Waals surface area (Å²) in [5, 5.41) is 11.4. The van der Waals surface area contributed by atoms with Gasteiger partial charge in [-0.25, -0.2) is 0 Å². The highest BCUT2D eigenvalue weighted by atomic mass is 16.2. The van der Waals surface area contributed by atoms with Gasteiger partial charge >= 0.3 is 0 Å². The molecule has 0 unspecified atom stereocenters. The van der Waals surface area contributed by atoms with E-state index in [1.165, 1.54) is 0 Å². The Labute approximate surface area is 163 Å². The average molecular weight is 377 g/mol. The summed E-state index contributed by atoms with van der Waals surface area (Å²) < 4.78 is 1.94. The van der Waals surface area contributed by atoms with E-state index in [9.17, 15) is 9.59 Å². The zero-order chi connectivity index (χ0) is 19.5. The zero-order valence-electron chi connectivity index (χ0n) is 15.8. The molecule has 144 valence electrons. The molecule has 0 radical (unpaired) electrons. The third kappa shape index (κ3) is 3.47. The number of carbonyl (C=O) groups is 2. The summed E-state index contributed by atoms with van der Waals surface area (Å²) in [5.41, 5.74) is 2.34. The molecule has 0 bridgehead atoms. The van der Waals surface area contributed by atoms with Gasteiger partial charge in [-0.05, 0) is 43.5 Å². The molecule has 1 aromatic carbocycles. The van der Waals surface area contributed by atoms with Gasteiger partial charge in [0.15, 0.2) is 11.5 Å². The lowest BCUT2D eigenvalue weighted by atomic mass is 10.1. The van der Waals surface area contributed by atoms with Crippen LogP contribution < -0.4 is 5.32 Å². The molecule has 1 N–H and O–H groups in total. The van der Waals surface area contributed by atoms with E-state index in [2.05, 4.69) is 15.5 Å². The second kappa shape index (κ2) is 7.80. The minimum absolute atomic E-state index is 0.0280. The maximum atomic E-state index is 12.8. The largest absolute Gasteiger partial charge is 0.352 e. The first-order chi connectivity index (χ1) is 13.6. The van der Waals surface area contributed by atoms with E-state index >= 15 is 0 Å². The third-order valence-corrected chi connectivity index (χ3v) is 5.23. The highest BCUT2D eigenvalue weighted by Crippen LogP contribution is 2.31. The summed E-state index contributed by atoms with van der Waals surface area (Å²) >= 11 is 0. The molecule has 1 atom stereocenters. The Morgan fingerprint density at radius 3 is 2.82 bits per heavy atom. The molecule has 7 nitrogen and oxygen atoms in total. The van der Waals surface area contributed by atoms with Gasteiger partial charge in [0, 0.05) is 31.3 Å². The van der Waals surface area contributed by atoms with Crippen molar-refractivity contribution in [1.82, 2.24) is 24.8 Å². The molecule has 3 heterocycles. The van der Waals surface area contributed by atoms with Crippen LogP contribution in [0.15, 0.2) is 48.7 Å². The molecule has 28 heavy (non-hydrogen) atoms. The van der Waals surface area contributed by atoms with E-state index in [0.29, 0.717) is 18.7 Å². The summed E-state index contributed by atoms with van der Waals surface area (Å²) in [6.07, 6.45) is 4.00. The fraction of sp³-hybridized carbons (Fsp3) is 0.333. The van der Waals surface area contributed by atoms with E-state index in [1.807, 2.05) is 58.8 Å². The van der Waals surface area contributed by atoms with Crippen molar-refractivity contribution >= 4 is 17.5 Å². The van der Waals surface area contributed by atoms with Gasteiger partial charge in [-0.15, -0.1) is 10.2 Å². The highest BCUT2D eigenvalue weighted by molar-refractivity contribution is 5.95. The SMILES string of the molecule is Cc1ccccc1C(=O)NCCC(=O)N1CCC[C@@H]1c1nnc2ccccn12. The number of rotatable bonds is 5. The predicted molar refractivity (Wildman–Crippen MR) is 105 cm³/mol. The molecule has 0 saturated carbocycles. The molecule has 1 fully saturated rings. The maximum Gasteiger partial charge on any atom is 0.251 e. The van der Waals surface area contributed by atoms with Crippen molar-refractivity contribution in [1.29, 1.82) is 0 Å². The van der Waals surface area contributed by atoms with Crippen LogP contribution in [-0.4, -0.2) is 44.4 Å². The Morgan fingerprint density at radius 1 is 1.14 bits per heavy atom. The smallest absolute Gasteiger partial charge is 0.251 e. The first kappa shape index (κ1) is 18.2. The Bertz CT molecular complexity index is 1010. The Hall–Kier alpha value is -3.22. The molecule has 4 rings (SSSR count). The van der Waals surface area contributed by atoms with E-state index < -0.39 is 0 Å². The van der Waals surface area contributed by atoms with Gasteiger partial charge in [-0.1, -0.05) is 24.3 Å². The molecule has 1 aliphatic heterocycles. The van der Waals surface area contributed by atoms with Crippen LogP contribution in [0.25, 0.3) is 5.65 Å². The van der Waals surface area contributed by atoms with Crippen molar-refractivity contribution in [3.63, 3.8) is 0 Å². The summed E-state index contributed by atoms with van der Waals surface area (Å²) in [6, 6.07) is 13.1. The fourth-order valence-electron chi connectivity index (χ4n) is 3.77. The van der Waals surface area contributed by atoms with Crippen LogP contribution in [0.5, 0.6) is 0 Å². The Kier molecular flexibility index (Phi) is 5.06. The van der Waals surface area contributed by atoms with E-state index in [1.54, 1.807) is 6.07 Å². The lowest BCUT2D eigenvalue weighted by molar-refractivity contribution is -0.132. The Morgan fingerprint density at radius 2 is 1.96 bits per heavy atom.